The molecule has 4 rings (SSSR count). The van der Waals surface area contributed by atoms with Crippen LogP contribution >= 0.6 is 0 Å². The Morgan fingerprint density at radius 1 is 1.23 bits per heavy atom. The average molecular weight is 430 g/mol. The Bertz CT molecular complexity index is 894. The highest BCUT2D eigenvalue weighted by atomic mass is 16.5. The Labute approximate surface area is 182 Å². The Morgan fingerprint density at radius 3 is 2.90 bits per heavy atom. The first-order valence-electron chi connectivity index (χ1n) is 10.9. The normalized spacial score (nSPS) is 19.0. The monoisotopic (exact) mass is 429 g/mol. The summed E-state index contributed by atoms with van der Waals surface area (Å²) in [7, 11) is 3.34. The molecule has 2 aliphatic heterocycles. The maximum atomic E-state index is 12.1. The van der Waals surface area contributed by atoms with Crippen LogP contribution in [0.25, 0.3) is 0 Å². The summed E-state index contributed by atoms with van der Waals surface area (Å²) in [5.41, 5.74) is 1.14. The summed E-state index contributed by atoms with van der Waals surface area (Å²) < 4.78 is 18.5. The molecule has 1 N–H and O–H groups in total. The van der Waals surface area contributed by atoms with Gasteiger partial charge >= 0.3 is 0 Å². The zero-order chi connectivity index (χ0) is 21.6. The fraction of sp³-hybridized carbons (Fsp3) is 0.591. The van der Waals surface area contributed by atoms with Crippen LogP contribution in [-0.4, -0.2) is 72.1 Å². The molecular formula is C22H31N5O4. The van der Waals surface area contributed by atoms with Crippen LogP contribution in [0.5, 0.6) is 11.5 Å². The predicted molar refractivity (Wildman–Crippen MR) is 114 cm³/mol. The summed E-state index contributed by atoms with van der Waals surface area (Å²) in [5.74, 6) is 3.54. The number of carbonyl (C=O) groups is 1. The number of benzene rings is 1. The van der Waals surface area contributed by atoms with E-state index in [1.165, 1.54) is 0 Å². The number of hydrogen-bond donors (Lipinski definition) is 1. The van der Waals surface area contributed by atoms with Crippen molar-refractivity contribution < 1.29 is 19.0 Å². The molecule has 1 saturated heterocycles. The molecule has 31 heavy (non-hydrogen) atoms. The van der Waals surface area contributed by atoms with E-state index < -0.39 is 0 Å². The Balaban J connectivity index is 1.32. The zero-order valence-corrected chi connectivity index (χ0v) is 18.3. The maximum absolute atomic E-state index is 12.1. The van der Waals surface area contributed by atoms with Crippen LogP contribution in [-0.2, 0) is 35.5 Å². The van der Waals surface area contributed by atoms with Crippen LogP contribution < -0.4 is 14.8 Å². The number of rotatable bonds is 8. The Kier molecular flexibility index (Phi) is 7.03. The average Bonchev–Trinajstić information content (AvgIpc) is 3.42. The number of amides is 1. The number of fused-ring (bicyclic) bond motifs is 1. The first-order valence-corrected chi connectivity index (χ1v) is 10.9. The number of ether oxygens (including phenoxy) is 3. The van der Waals surface area contributed by atoms with E-state index in [0.717, 1.165) is 74.2 Å². The summed E-state index contributed by atoms with van der Waals surface area (Å²) in [6, 6.07) is 5.95. The number of nitrogens with one attached hydrogen (secondary N) is 1. The quantitative estimate of drug-likeness (QED) is 0.674. The lowest BCUT2D eigenvalue weighted by Gasteiger charge is -2.21. The van der Waals surface area contributed by atoms with Gasteiger partial charge in [-0.2, -0.15) is 0 Å². The third kappa shape index (κ3) is 5.16. The van der Waals surface area contributed by atoms with Crippen molar-refractivity contribution in [2.75, 3.05) is 40.5 Å². The summed E-state index contributed by atoms with van der Waals surface area (Å²) in [6.07, 6.45) is 2.97. The van der Waals surface area contributed by atoms with Crippen LogP contribution in [0.1, 0.15) is 30.1 Å². The van der Waals surface area contributed by atoms with Gasteiger partial charge in [0.2, 0.25) is 5.91 Å². The van der Waals surface area contributed by atoms with Crippen molar-refractivity contribution in [1.29, 1.82) is 0 Å². The molecule has 2 aromatic rings. The minimum atomic E-state index is -0.293. The minimum Gasteiger partial charge on any atom is -0.497 e. The van der Waals surface area contributed by atoms with Crippen LogP contribution in [0.3, 0.4) is 0 Å². The second-order valence-electron chi connectivity index (χ2n) is 7.93. The number of methoxy groups -OCH3 is 2. The van der Waals surface area contributed by atoms with E-state index in [0.29, 0.717) is 19.6 Å². The predicted octanol–water partition coefficient (Wildman–Crippen LogP) is 1.19. The topological polar surface area (TPSA) is 90.7 Å². The van der Waals surface area contributed by atoms with Crippen molar-refractivity contribution in [1.82, 2.24) is 25.0 Å². The number of aromatic nitrogens is 3. The molecule has 1 aromatic heterocycles. The lowest BCUT2D eigenvalue weighted by atomic mass is 10.1. The van der Waals surface area contributed by atoms with Gasteiger partial charge in [-0.15, -0.1) is 10.2 Å². The van der Waals surface area contributed by atoms with E-state index in [1.807, 2.05) is 12.1 Å². The van der Waals surface area contributed by atoms with Crippen molar-refractivity contribution in [2.24, 2.45) is 0 Å². The smallest absolute Gasteiger partial charge is 0.249 e. The molecule has 0 saturated carbocycles. The molecule has 0 aliphatic carbocycles. The van der Waals surface area contributed by atoms with Gasteiger partial charge in [0.25, 0.3) is 0 Å². The van der Waals surface area contributed by atoms with Crippen molar-refractivity contribution >= 4 is 5.91 Å². The second-order valence-corrected chi connectivity index (χ2v) is 7.93. The van der Waals surface area contributed by atoms with Gasteiger partial charge in [-0.25, -0.2) is 0 Å². The van der Waals surface area contributed by atoms with Crippen molar-refractivity contribution in [3.63, 3.8) is 0 Å². The fourth-order valence-electron chi connectivity index (χ4n) is 4.19. The summed E-state index contributed by atoms with van der Waals surface area (Å²) >= 11 is 0. The van der Waals surface area contributed by atoms with Gasteiger partial charge in [0.05, 0.1) is 14.2 Å². The van der Waals surface area contributed by atoms with E-state index in [9.17, 15) is 4.79 Å². The van der Waals surface area contributed by atoms with Gasteiger partial charge < -0.3 is 24.1 Å². The van der Waals surface area contributed by atoms with E-state index >= 15 is 0 Å². The summed E-state index contributed by atoms with van der Waals surface area (Å²) in [6.45, 7) is 4.66. The van der Waals surface area contributed by atoms with Crippen molar-refractivity contribution in [3.8, 4) is 11.5 Å². The van der Waals surface area contributed by atoms with Crippen LogP contribution in [0, 0.1) is 0 Å². The highest BCUT2D eigenvalue weighted by Crippen LogP contribution is 2.26. The third-order valence-corrected chi connectivity index (χ3v) is 5.95. The molecule has 0 radical (unpaired) electrons. The van der Waals surface area contributed by atoms with Crippen LogP contribution in [0.2, 0.25) is 0 Å². The molecule has 1 atom stereocenters. The number of hydrogen-bond acceptors (Lipinski definition) is 7. The van der Waals surface area contributed by atoms with Crippen molar-refractivity contribution in [2.45, 2.75) is 44.9 Å². The molecule has 1 unspecified atom stereocenters. The van der Waals surface area contributed by atoms with Crippen molar-refractivity contribution in [3.05, 3.63) is 35.4 Å². The molecule has 168 valence electrons. The third-order valence-electron chi connectivity index (χ3n) is 5.95. The van der Waals surface area contributed by atoms with Gasteiger partial charge in [0, 0.05) is 63.8 Å². The highest BCUT2D eigenvalue weighted by molar-refractivity contribution is 5.80. The zero-order valence-electron chi connectivity index (χ0n) is 18.3. The molecule has 2 aliphatic rings. The lowest BCUT2D eigenvalue weighted by Crippen LogP contribution is -2.35. The van der Waals surface area contributed by atoms with Crippen LogP contribution in [0.15, 0.2) is 18.2 Å². The van der Waals surface area contributed by atoms with E-state index in [1.54, 1.807) is 14.2 Å². The molecule has 1 fully saturated rings. The molecule has 1 amide bonds. The van der Waals surface area contributed by atoms with E-state index in [-0.39, 0.29) is 12.0 Å². The van der Waals surface area contributed by atoms with Gasteiger partial charge in [-0.05, 0) is 18.9 Å². The highest BCUT2D eigenvalue weighted by Gasteiger charge is 2.24. The molecule has 3 heterocycles. The molecule has 9 heteroatoms. The van der Waals surface area contributed by atoms with Gasteiger partial charge in [-0.1, -0.05) is 6.07 Å². The molecule has 9 nitrogen and oxygen atoms in total. The first-order chi connectivity index (χ1) is 15.2. The summed E-state index contributed by atoms with van der Waals surface area (Å²) in [5, 5.41) is 11.7. The summed E-state index contributed by atoms with van der Waals surface area (Å²) in [4.78, 5) is 14.5. The molecule has 0 spiro atoms. The Hall–Kier alpha value is -2.65. The Morgan fingerprint density at radius 2 is 2.13 bits per heavy atom. The van der Waals surface area contributed by atoms with Gasteiger partial charge in [0.1, 0.15) is 29.3 Å². The number of carbonyl (C=O) groups excluding carboxylic acids is 1. The largest absolute Gasteiger partial charge is 0.497 e. The first kappa shape index (κ1) is 21.6. The second kappa shape index (κ2) is 10.1. The van der Waals surface area contributed by atoms with E-state index in [2.05, 4.69) is 31.0 Å². The molecular weight excluding hydrogens is 398 g/mol. The minimum absolute atomic E-state index is 0.0206. The van der Waals surface area contributed by atoms with Gasteiger partial charge in [0.15, 0.2) is 0 Å². The lowest BCUT2D eigenvalue weighted by molar-refractivity contribution is -0.130. The van der Waals surface area contributed by atoms with Gasteiger partial charge in [-0.3, -0.25) is 9.69 Å². The fourth-order valence-corrected chi connectivity index (χ4v) is 4.19. The molecule has 0 bridgehead atoms. The van der Waals surface area contributed by atoms with Crippen LogP contribution in [0.4, 0.5) is 0 Å². The maximum Gasteiger partial charge on any atom is 0.249 e. The standard InChI is InChI=1S/C22H31N5O4/c1-29-17-6-5-16(19(14-17)30-2)15-26-10-8-21-25-24-20(27(21)12-11-26)7-9-23-22(28)18-4-3-13-31-18/h5-6,14,18H,3-4,7-13,15H2,1-2H3,(H,23,28). The number of nitrogens with zero attached hydrogens (tertiary/aromatic N) is 4. The molecule has 1 aromatic carbocycles. The SMILES string of the molecule is COc1ccc(CN2CCc3nnc(CCNC(=O)C4CCCO4)n3CC2)c(OC)c1. The van der Waals surface area contributed by atoms with E-state index in [4.69, 9.17) is 14.2 Å².